The molecule has 0 atom stereocenters. The highest BCUT2D eigenvalue weighted by atomic mass is 15.0. The number of hydrogen-bond acceptors (Lipinski definition) is 4. The van der Waals surface area contributed by atoms with Crippen molar-refractivity contribution in [3.05, 3.63) is 182 Å². The van der Waals surface area contributed by atoms with Crippen LogP contribution >= 0.6 is 0 Å². The van der Waals surface area contributed by atoms with Crippen molar-refractivity contribution in [3.63, 3.8) is 0 Å². The van der Waals surface area contributed by atoms with Gasteiger partial charge in [0.05, 0.1) is 11.2 Å². The highest BCUT2D eigenvalue weighted by Gasteiger charge is 2.19. The van der Waals surface area contributed by atoms with Gasteiger partial charge >= 0.3 is 0 Å². The van der Waals surface area contributed by atoms with Crippen molar-refractivity contribution in [2.75, 3.05) is 0 Å². The van der Waals surface area contributed by atoms with Gasteiger partial charge in [-0.1, -0.05) is 170 Å². The SMILES string of the molecule is c1ccc(-c2ccc3c(c2)c2ccccc2c2c4ccccc4nc(-c4ccc(-c5nc(-c6ccccc6)nc(-c6ccccc6)n5)cc4)c32)cc1. The first-order chi connectivity index (χ1) is 25.8. The first kappa shape index (κ1) is 29.8. The van der Waals surface area contributed by atoms with Crippen molar-refractivity contribution in [2.24, 2.45) is 0 Å². The smallest absolute Gasteiger partial charge is 0.164 e. The number of rotatable bonds is 5. The van der Waals surface area contributed by atoms with Crippen molar-refractivity contribution in [2.45, 2.75) is 0 Å². The minimum atomic E-state index is 0.625. The minimum absolute atomic E-state index is 0.625. The largest absolute Gasteiger partial charge is 0.247 e. The van der Waals surface area contributed by atoms with Gasteiger partial charge in [0.2, 0.25) is 0 Å². The standard InChI is InChI=1S/C48H30N4/c1-4-14-31(15-5-1)36-28-29-39-41(30-36)37-20-10-11-21-38(37)43-40-22-12-13-23-42(40)49-45(44(39)43)32-24-26-35(27-25-32)48-51-46(33-16-6-2-7-17-33)50-47(52-48)34-18-8-3-9-19-34/h1-30H. The lowest BCUT2D eigenvalue weighted by Crippen LogP contribution is -2.00. The molecule has 4 heteroatoms. The second-order valence-electron chi connectivity index (χ2n) is 13.0. The van der Waals surface area contributed by atoms with Crippen molar-refractivity contribution in [3.8, 4) is 56.5 Å². The van der Waals surface area contributed by atoms with Crippen molar-refractivity contribution in [1.82, 2.24) is 19.9 Å². The van der Waals surface area contributed by atoms with Gasteiger partial charge in [-0.3, -0.25) is 0 Å². The Kier molecular flexibility index (Phi) is 7.10. The Morgan fingerprint density at radius 3 is 1.31 bits per heavy atom. The topological polar surface area (TPSA) is 51.6 Å². The normalized spacial score (nSPS) is 11.5. The van der Waals surface area contributed by atoms with E-state index in [2.05, 4.69) is 121 Å². The van der Waals surface area contributed by atoms with Gasteiger partial charge in [0.1, 0.15) is 0 Å². The molecule has 0 radical (unpaired) electrons. The fourth-order valence-corrected chi connectivity index (χ4v) is 7.41. The molecule has 0 aliphatic carbocycles. The molecule has 10 rings (SSSR count). The van der Waals surface area contributed by atoms with Crippen LogP contribution in [0, 0.1) is 0 Å². The fraction of sp³-hybridized carbons (Fsp3) is 0. The molecular formula is C48H30N4. The van der Waals surface area contributed by atoms with E-state index in [1.165, 1.54) is 38.1 Å². The zero-order chi connectivity index (χ0) is 34.4. The molecule has 0 bridgehead atoms. The maximum Gasteiger partial charge on any atom is 0.164 e. The highest BCUT2D eigenvalue weighted by Crippen LogP contribution is 2.44. The Balaban J connectivity index is 1.19. The zero-order valence-corrected chi connectivity index (χ0v) is 28.1. The van der Waals surface area contributed by atoms with Crippen LogP contribution in [0.3, 0.4) is 0 Å². The Labute approximate surface area is 300 Å². The second-order valence-corrected chi connectivity index (χ2v) is 13.0. The van der Waals surface area contributed by atoms with E-state index >= 15 is 0 Å². The van der Waals surface area contributed by atoms with Gasteiger partial charge in [0.15, 0.2) is 17.5 Å². The summed E-state index contributed by atoms with van der Waals surface area (Å²) < 4.78 is 0. The predicted octanol–water partition coefficient (Wildman–Crippen LogP) is 12.2. The van der Waals surface area contributed by atoms with Crippen LogP contribution in [0.2, 0.25) is 0 Å². The minimum Gasteiger partial charge on any atom is -0.247 e. The van der Waals surface area contributed by atoms with Crippen LogP contribution < -0.4 is 0 Å². The van der Waals surface area contributed by atoms with Crippen LogP contribution in [0.15, 0.2) is 182 Å². The van der Waals surface area contributed by atoms with E-state index in [9.17, 15) is 0 Å². The molecule has 0 fully saturated rings. The van der Waals surface area contributed by atoms with Crippen LogP contribution in [0.25, 0.3) is 99.8 Å². The predicted molar refractivity (Wildman–Crippen MR) is 215 cm³/mol. The molecule has 0 amide bonds. The molecule has 8 aromatic carbocycles. The average molecular weight is 663 g/mol. The summed E-state index contributed by atoms with van der Waals surface area (Å²) >= 11 is 0. The molecule has 0 saturated heterocycles. The van der Waals surface area contributed by atoms with E-state index in [1.54, 1.807) is 0 Å². The Morgan fingerprint density at radius 1 is 0.250 bits per heavy atom. The summed E-state index contributed by atoms with van der Waals surface area (Å²) in [6.07, 6.45) is 0. The Morgan fingerprint density at radius 2 is 0.692 bits per heavy atom. The van der Waals surface area contributed by atoms with Gasteiger partial charge < -0.3 is 0 Å². The summed E-state index contributed by atoms with van der Waals surface area (Å²) in [4.78, 5) is 20.2. The highest BCUT2D eigenvalue weighted by molar-refractivity contribution is 6.33. The maximum atomic E-state index is 5.38. The summed E-state index contributed by atoms with van der Waals surface area (Å²) in [5, 5.41) is 8.37. The molecule has 242 valence electrons. The first-order valence-corrected chi connectivity index (χ1v) is 17.5. The lowest BCUT2D eigenvalue weighted by molar-refractivity contribution is 1.07. The van der Waals surface area contributed by atoms with E-state index in [4.69, 9.17) is 19.9 Å². The van der Waals surface area contributed by atoms with Crippen LogP contribution in [-0.4, -0.2) is 19.9 Å². The average Bonchev–Trinajstić information content (AvgIpc) is 3.24. The molecule has 10 aromatic rings. The molecule has 52 heavy (non-hydrogen) atoms. The molecule has 0 spiro atoms. The van der Waals surface area contributed by atoms with Gasteiger partial charge in [-0.25, -0.2) is 19.9 Å². The monoisotopic (exact) mass is 662 g/mol. The quantitative estimate of drug-likeness (QED) is 0.172. The third kappa shape index (κ3) is 5.09. The van der Waals surface area contributed by atoms with E-state index in [0.29, 0.717) is 17.5 Å². The Hall–Kier alpha value is -7.04. The molecule has 0 aliphatic heterocycles. The number of nitrogens with zero attached hydrogens (tertiary/aromatic N) is 4. The number of hydrogen-bond donors (Lipinski definition) is 0. The van der Waals surface area contributed by atoms with Crippen molar-refractivity contribution in [1.29, 1.82) is 0 Å². The number of para-hydroxylation sites is 1. The zero-order valence-electron chi connectivity index (χ0n) is 28.1. The van der Waals surface area contributed by atoms with E-state index in [0.717, 1.165) is 44.2 Å². The van der Waals surface area contributed by atoms with Gasteiger partial charge in [-0.2, -0.15) is 0 Å². The van der Waals surface area contributed by atoms with Crippen LogP contribution in [-0.2, 0) is 0 Å². The summed E-state index contributed by atoms with van der Waals surface area (Å²) in [5.41, 5.74) is 8.15. The van der Waals surface area contributed by atoms with E-state index in [-0.39, 0.29) is 0 Å². The number of pyridine rings is 1. The van der Waals surface area contributed by atoms with Gasteiger partial charge in [-0.05, 0) is 44.8 Å². The van der Waals surface area contributed by atoms with Crippen LogP contribution in [0.4, 0.5) is 0 Å². The second kappa shape index (κ2) is 12.4. The molecule has 4 nitrogen and oxygen atoms in total. The van der Waals surface area contributed by atoms with Crippen molar-refractivity contribution < 1.29 is 0 Å². The van der Waals surface area contributed by atoms with Crippen LogP contribution in [0.5, 0.6) is 0 Å². The maximum absolute atomic E-state index is 5.38. The molecule has 2 aromatic heterocycles. The number of fused-ring (bicyclic) bond motifs is 8. The third-order valence-electron chi connectivity index (χ3n) is 9.89. The van der Waals surface area contributed by atoms with Gasteiger partial charge in [0, 0.05) is 38.4 Å². The summed E-state index contributed by atoms with van der Waals surface area (Å²) in [5.74, 6) is 1.91. The molecular weight excluding hydrogens is 633 g/mol. The molecule has 0 unspecified atom stereocenters. The third-order valence-corrected chi connectivity index (χ3v) is 9.89. The summed E-state index contributed by atoms with van der Waals surface area (Å²) in [6.45, 7) is 0. The van der Waals surface area contributed by atoms with E-state index in [1.807, 2.05) is 60.7 Å². The van der Waals surface area contributed by atoms with E-state index < -0.39 is 0 Å². The van der Waals surface area contributed by atoms with Crippen LogP contribution in [0.1, 0.15) is 0 Å². The van der Waals surface area contributed by atoms with Crippen molar-refractivity contribution >= 4 is 43.2 Å². The molecule has 0 aliphatic rings. The summed E-state index contributed by atoms with van der Waals surface area (Å²) in [7, 11) is 0. The van der Waals surface area contributed by atoms with Gasteiger partial charge in [-0.15, -0.1) is 0 Å². The lowest BCUT2D eigenvalue weighted by atomic mass is 9.88. The summed E-state index contributed by atoms with van der Waals surface area (Å²) in [6, 6.07) is 63.4. The number of aromatic nitrogens is 4. The molecule has 0 N–H and O–H groups in total. The fourth-order valence-electron chi connectivity index (χ4n) is 7.41. The first-order valence-electron chi connectivity index (χ1n) is 17.5. The Bertz CT molecular complexity index is 2870. The lowest BCUT2D eigenvalue weighted by Gasteiger charge is -2.17. The molecule has 2 heterocycles. The molecule has 0 saturated carbocycles. The van der Waals surface area contributed by atoms with Gasteiger partial charge in [0.25, 0.3) is 0 Å². The number of benzene rings is 8.